The van der Waals surface area contributed by atoms with Gasteiger partial charge in [0.25, 0.3) is 10.0 Å². The molecule has 1 saturated heterocycles. The third-order valence-electron chi connectivity index (χ3n) is 3.02. The first-order chi connectivity index (χ1) is 9.72. The number of nitrogens with zero attached hydrogens (tertiary/aromatic N) is 3. The zero-order valence-electron chi connectivity index (χ0n) is 10.8. The lowest BCUT2D eigenvalue weighted by molar-refractivity contribution is -0.148. The number of piperazine rings is 1. The zero-order valence-corrected chi connectivity index (χ0v) is 12.4. The number of hydrogen-bond donors (Lipinski definition) is 0. The van der Waals surface area contributed by atoms with Crippen LogP contribution in [0.25, 0.3) is 0 Å². The molecule has 0 atom stereocenters. The lowest BCUT2D eigenvalue weighted by Gasteiger charge is -2.33. The van der Waals surface area contributed by atoms with Crippen LogP contribution in [0.15, 0.2) is 16.3 Å². The lowest BCUT2D eigenvalue weighted by Crippen LogP contribution is -2.50. The quantitative estimate of drug-likeness (QED) is 0.837. The standard InChI is InChI=1S/C11H12F3N3O2S2/c12-11(13,14)8-16-3-5-17(6-4-16)21(18,19)10-2-1-9(7-15)20-10/h1-2H,3-6,8H2. The van der Waals surface area contributed by atoms with Gasteiger partial charge < -0.3 is 0 Å². The Morgan fingerprint density at radius 3 is 2.33 bits per heavy atom. The molecule has 1 aliphatic rings. The van der Waals surface area contributed by atoms with Crippen molar-refractivity contribution in [2.45, 2.75) is 10.4 Å². The van der Waals surface area contributed by atoms with Gasteiger partial charge in [0.2, 0.25) is 0 Å². The summed E-state index contributed by atoms with van der Waals surface area (Å²) in [5.74, 6) is 0. The highest BCUT2D eigenvalue weighted by atomic mass is 32.2. The highest BCUT2D eigenvalue weighted by Crippen LogP contribution is 2.26. The van der Waals surface area contributed by atoms with Crippen LogP contribution in [0.4, 0.5) is 13.2 Å². The molecule has 0 spiro atoms. The first-order valence-corrected chi connectivity index (χ1v) is 8.27. The Kier molecular flexibility index (Phi) is 4.57. The van der Waals surface area contributed by atoms with Gasteiger partial charge in [-0.2, -0.15) is 22.7 Å². The second-order valence-corrected chi connectivity index (χ2v) is 7.77. The molecule has 1 aromatic heterocycles. The molecule has 116 valence electrons. The van der Waals surface area contributed by atoms with Gasteiger partial charge in [0.05, 0.1) is 6.54 Å². The number of alkyl halides is 3. The summed E-state index contributed by atoms with van der Waals surface area (Å²) in [4.78, 5) is 1.46. The van der Waals surface area contributed by atoms with Crippen molar-refractivity contribution in [1.29, 1.82) is 5.26 Å². The van der Waals surface area contributed by atoms with Crippen LogP contribution in [-0.4, -0.2) is 56.5 Å². The summed E-state index contributed by atoms with van der Waals surface area (Å²) in [6.07, 6.45) is -4.28. The maximum absolute atomic E-state index is 12.3. The van der Waals surface area contributed by atoms with E-state index in [1.807, 2.05) is 6.07 Å². The van der Waals surface area contributed by atoms with E-state index in [9.17, 15) is 21.6 Å². The van der Waals surface area contributed by atoms with Crippen molar-refractivity contribution >= 4 is 21.4 Å². The molecular weight excluding hydrogens is 327 g/mol. The minimum atomic E-state index is -4.28. The maximum Gasteiger partial charge on any atom is 0.401 e. The van der Waals surface area contributed by atoms with E-state index in [0.717, 1.165) is 15.6 Å². The van der Waals surface area contributed by atoms with E-state index in [1.54, 1.807) is 0 Å². The van der Waals surface area contributed by atoms with E-state index in [-0.39, 0.29) is 35.3 Å². The summed E-state index contributed by atoms with van der Waals surface area (Å²) in [7, 11) is -3.73. The van der Waals surface area contributed by atoms with Crippen LogP contribution in [-0.2, 0) is 10.0 Å². The molecule has 0 N–H and O–H groups in total. The SMILES string of the molecule is N#Cc1ccc(S(=O)(=O)N2CCN(CC(F)(F)F)CC2)s1. The molecule has 21 heavy (non-hydrogen) atoms. The fourth-order valence-electron chi connectivity index (χ4n) is 2.03. The van der Waals surface area contributed by atoms with E-state index < -0.39 is 22.7 Å². The van der Waals surface area contributed by atoms with E-state index in [2.05, 4.69) is 0 Å². The molecule has 2 rings (SSSR count). The predicted molar refractivity (Wildman–Crippen MR) is 70.3 cm³/mol. The second-order valence-electron chi connectivity index (χ2n) is 4.53. The number of hydrogen-bond acceptors (Lipinski definition) is 5. The summed E-state index contributed by atoms with van der Waals surface area (Å²) >= 11 is 0.860. The van der Waals surface area contributed by atoms with Gasteiger partial charge in [-0.3, -0.25) is 4.90 Å². The molecule has 5 nitrogen and oxygen atoms in total. The highest BCUT2D eigenvalue weighted by Gasteiger charge is 2.35. The van der Waals surface area contributed by atoms with Crippen molar-refractivity contribution < 1.29 is 21.6 Å². The average Bonchev–Trinajstić information content (AvgIpc) is 2.87. The molecule has 0 aliphatic carbocycles. The first kappa shape index (κ1) is 16.2. The Morgan fingerprint density at radius 1 is 1.24 bits per heavy atom. The molecule has 0 aromatic carbocycles. The fourth-order valence-corrected chi connectivity index (χ4v) is 4.71. The Labute approximate surface area is 124 Å². The molecule has 0 amide bonds. The molecule has 2 heterocycles. The van der Waals surface area contributed by atoms with Crippen LogP contribution in [0.3, 0.4) is 0 Å². The van der Waals surface area contributed by atoms with Gasteiger partial charge in [0.15, 0.2) is 0 Å². The van der Waals surface area contributed by atoms with E-state index in [0.29, 0.717) is 0 Å². The number of nitriles is 1. The van der Waals surface area contributed by atoms with Gasteiger partial charge in [-0.15, -0.1) is 11.3 Å². The van der Waals surface area contributed by atoms with Crippen LogP contribution in [0, 0.1) is 11.3 Å². The van der Waals surface area contributed by atoms with Crippen LogP contribution in [0.5, 0.6) is 0 Å². The van der Waals surface area contributed by atoms with Gasteiger partial charge in [0, 0.05) is 26.2 Å². The topological polar surface area (TPSA) is 64.4 Å². The molecule has 10 heteroatoms. The molecule has 0 saturated carbocycles. The highest BCUT2D eigenvalue weighted by molar-refractivity contribution is 7.91. The van der Waals surface area contributed by atoms with Crippen molar-refractivity contribution in [3.05, 3.63) is 17.0 Å². The van der Waals surface area contributed by atoms with Crippen LogP contribution in [0.2, 0.25) is 0 Å². The van der Waals surface area contributed by atoms with E-state index in [1.165, 1.54) is 17.0 Å². The number of thiophene rings is 1. The summed E-state index contributed by atoms with van der Waals surface area (Å²) in [6, 6.07) is 4.62. The first-order valence-electron chi connectivity index (χ1n) is 6.01. The molecule has 0 unspecified atom stereocenters. The number of halogens is 3. The number of rotatable bonds is 3. The molecule has 1 aromatic rings. The Hall–Kier alpha value is -1.15. The monoisotopic (exact) mass is 339 g/mol. The maximum atomic E-state index is 12.3. The largest absolute Gasteiger partial charge is 0.401 e. The van der Waals surface area contributed by atoms with Crippen molar-refractivity contribution in [3.63, 3.8) is 0 Å². The van der Waals surface area contributed by atoms with Gasteiger partial charge in [0.1, 0.15) is 15.2 Å². The predicted octanol–water partition coefficient (Wildman–Crippen LogP) is 1.49. The van der Waals surface area contributed by atoms with Crippen molar-refractivity contribution in [3.8, 4) is 6.07 Å². The minimum absolute atomic E-state index is 0.0121. The molecule has 1 aliphatic heterocycles. The minimum Gasteiger partial charge on any atom is -0.292 e. The van der Waals surface area contributed by atoms with Crippen LogP contribution in [0.1, 0.15) is 4.88 Å². The van der Waals surface area contributed by atoms with Gasteiger partial charge in [-0.1, -0.05) is 0 Å². The fraction of sp³-hybridized carbons (Fsp3) is 0.545. The Balaban J connectivity index is 2.03. The summed E-state index contributed by atoms with van der Waals surface area (Å²) in [5.41, 5.74) is 0. The van der Waals surface area contributed by atoms with Crippen LogP contribution < -0.4 is 0 Å². The smallest absolute Gasteiger partial charge is 0.292 e. The van der Waals surface area contributed by atoms with Gasteiger partial charge in [-0.05, 0) is 12.1 Å². The van der Waals surface area contributed by atoms with Gasteiger partial charge in [-0.25, -0.2) is 8.42 Å². The molecule has 0 radical (unpaired) electrons. The molecule has 1 fully saturated rings. The summed E-state index contributed by atoms with van der Waals surface area (Å²) in [6.45, 7) is -0.931. The van der Waals surface area contributed by atoms with Crippen molar-refractivity contribution in [1.82, 2.24) is 9.21 Å². The normalized spacial score (nSPS) is 18.6. The third-order valence-corrected chi connectivity index (χ3v) is 6.38. The average molecular weight is 339 g/mol. The Bertz CT molecular complexity index is 640. The Morgan fingerprint density at radius 2 is 1.86 bits per heavy atom. The van der Waals surface area contributed by atoms with Crippen molar-refractivity contribution in [2.75, 3.05) is 32.7 Å². The van der Waals surface area contributed by atoms with Crippen molar-refractivity contribution in [2.24, 2.45) is 0 Å². The zero-order chi connectivity index (χ0) is 15.7. The summed E-state index contributed by atoms with van der Waals surface area (Å²) in [5, 5.41) is 8.71. The third kappa shape index (κ3) is 3.94. The van der Waals surface area contributed by atoms with Gasteiger partial charge >= 0.3 is 6.18 Å². The second kappa shape index (κ2) is 5.92. The molecule has 0 bridgehead atoms. The molecular formula is C11H12F3N3O2S2. The number of sulfonamides is 1. The van der Waals surface area contributed by atoms with E-state index in [4.69, 9.17) is 5.26 Å². The lowest BCUT2D eigenvalue weighted by atomic mass is 10.3. The van der Waals surface area contributed by atoms with Crippen LogP contribution >= 0.6 is 11.3 Å². The van der Waals surface area contributed by atoms with E-state index >= 15 is 0 Å². The summed E-state index contributed by atoms with van der Waals surface area (Å²) < 4.78 is 62.6.